The van der Waals surface area contributed by atoms with E-state index in [1.54, 1.807) is 6.07 Å². The van der Waals surface area contributed by atoms with Crippen LogP contribution in [-0.2, 0) is 14.3 Å². The van der Waals surface area contributed by atoms with Crippen molar-refractivity contribution in [2.24, 2.45) is 0 Å². The first-order valence-electron chi connectivity index (χ1n) is 7.95. The molecule has 0 spiro atoms. The van der Waals surface area contributed by atoms with Crippen LogP contribution in [0.25, 0.3) is 6.08 Å². The fourth-order valence-corrected chi connectivity index (χ4v) is 2.15. The zero-order valence-corrected chi connectivity index (χ0v) is 14.6. The highest BCUT2D eigenvalue weighted by molar-refractivity contribution is 5.98. The van der Waals surface area contributed by atoms with Crippen LogP contribution in [0, 0.1) is 20.2 Å². The number of rotatable bonds is 7. The molecule has 0 aromatic heterocycles. The number of esters is 1. The highest BCUT2D eigenvalue weighted by Gasteiger charge is 2.20. The van der Waals surface area contributed by atoms with Crippen molar-refractivity contribution in [2.45, 2.75) is 13.0 Å². The van der Waals surface area contributed by atoms with E-state index in [0.29, 0.717) is 5.56 Å². The van der Waals surface area contributed by atoms with Gasteiger partial charge in [0.25, 0.3) is 17.3 Å². The van der Waals surface area contributed by atoms with Crippen LogP contribution >= 0.6 is 0 Å². The molecule has 28 heavy (non-hydrogen) atoms. The van der Waals surface area contributed by atoms with Crippen molar-refractivity contribution in [1.82, 2.24) is 0 Å². The molecular weight excluding hydrogens is 370 g/mol. The number of non-ortho nitro benzene ring substituents is 1. The van der Waals surface area contributed by atoms with Crippen molar-refractivity contribution in [3.8, 4) is 0 Å². The monoisotopic (exact) mass is 385 g/mol. The molecule has 10 heteroatoms. The lowest BCUT2D eigenvalue weighted by molar-refractivity contribution is -0.384. The Balaban J connectivity index is 1.98. The number of carbonyl (C=O) groups is 2. The molecule has 2 rings (SSSR count). The van der Waals surface area contributed by atoms with Gasteiger partial charge in [0.1, 0.15) is 5.69 Å². The third kappa shape index (κ3) is 5.46. The quantitative estimate of drug-likeness (QED) is 0.334. The van der Waals surface area contributed by atoms with Crippen LogP contribution < -0.4 is 5.32 Å². The van der Waals surface area contributed by atoms with Gasteiger partial charge < -0.3 is 10.1 Å². The first-order valence-corrected chi connectivity index (χ1v) is 7.95. The second kappa shape index (κ2) is 9.03. The van der Waals surface area contributed by atoms with Gasteiger partial charge in [-0.3, -0.25) is 25.0 Å². The van der Waals surface area contributed by atoms with E-state index < -0.39 is 27.8 Å². The summed E-state index contributed by atoms with van der Waals surface area (Å²) in [7, 11) is 0. The highest BCUT2D eigenvalue weighted by atomic mass is 16.6. The molecule has 2 aromatic carbocycles. The van der Waals surface area contributed by atoms with Crippen molar-refractivity contribution in [3.63, 3.8) is 0 Å². The van der Waals surface area contributed by atoms with E-state index in [-0.39, 0.29) is 17.1 Å². The number of ether oxygens (including phenoxy) is 1. The minimum Gasteiger partial charge on any atom is -0.449 e. The number of amides is 1. The summed E-state index contributed by atoms with van der Waals surface area (Å²) in [5.41, 5.74) is -0.0386. The van der Waals surface area contributed by atoms with Crippen LogP contribution in [0.4, 0.5) is 17.1 Å². The molecule has 2 aromatic rings. The number of benzene rings is 2. The number of para-hydroxylation sites is 2. The molecule has 0 aliphatic heterocycles. The lowest BCUT2D eigenvalue weighted by Gasteiger charge is -2.12. The van der Waals surface area contributed by atoms with Crippen molar-refractivity contribution in [3.05, 3.63) is 80.4 Å². The van der Waals surface area contributed by atoms with Gasteiger partial charge in [-0.05, 0) is 24.6 Å². The summed E-state index contributed by atoms with van der Waals surface area (Å²) >= 11 is 0. The fraction of sp³-hybridized carbons (Fsp3) is 0.111. The fourth-order valence-electron chi connectivity index (χ4n) is 2.15. The SMILES string of the molecule is CC(OC(=O)C=Cc1cccc([N+](=O)[O-])c1)C(=O)Nc1ccccc1[N+](=O)[O-]. The van der Waals surface area contributed by atoms with Gasteiger partial charge in [-0.15, -0.1) is 0 Å². The Labute approximate surface area is 158 Å². The van der Waals surface area contributed by atoms with Gasteiger partial charge in [0.2, 0.25) is 0 Å². The first-order chi connectivity index (χ1) is 13.3. The molecule has 144 valence electrons. The van der Waals surface area contributed by atoms with E-state index in [1.807, 2.05) is 0 Å². The van der Waals surface area contributed by atoms with Gasteiger partial charge in [0, 0.05) is 24.3 Å². The number of carbonyl (C=O) groups excluding carboxylic acids is 2. The zero-order valence-electron chi connectivity index (χ0n) is 14.6. The minimum absolute atomic E-state index is 0.0208. The first kappa shape index (κ1) is 20.2. The summed E-state index contributed by atoms with van der Waals surface area (Å²) in [6.07, 6.45) is 1.11. The third-order valence-electron chi connectivity index (χ3n) is 3.51. The summed E-state index contributed by atoms with van der Waals surface area (Å²) in [6.45, 7) is 1.31. The number of nitrogens with one attached hydrogen (secondary N) is 1. The maximum atomic E-state index is 12.1. The molecule has 1 atom stereocenters. The number of hydrogen-bond acceptors (Lipinski definition) is 7. The van der Waals surface area contributed by atoms with E-state index >= 15 is 0 Å². The normalized spacial score (nSPS) is 11.6. The van der Waals surface area contributed by atoms with Crippen molar-refractivity contribution >= 4 is 35.0 Å². The molecule has 0 saturated carbocycles. The van der Waals surface area contributed by atoms with Gasteiger partial charge in [0.15, 0.2) is 6.10 Å². The average Bonchev–Trinajstić information content (AvgIpc) is 2.66. The van der Waals surface area contributed by atoms with Crippen molar-refractivity contribution in [2.75, 3.05) is 5.32 Å². The second-order valence-corrected chi connectivity index (χ2v) is 5.53. The Morgan fingerprint density at radius 1 is 1.07 bits per heavy atom. The number of nitro benzene ring substituents is 2. The van der Waals surface area contributed by atoms with Gasteiger partial charge in [0.05, 0.1) is 9.85 Å². The van der Waals surface area contributed by atoms with Crippen LogP contribution in [-0.4, -0.2) is 27.8 Å². The zero-order chi connectivity index (χ0) is 20.7. The number of nitrogens with zero attached hydrogens (tertiary/aromatic N) is 2. The van der Waals surface area contributed by atoms with E-state index in [2.05, 4.69) is 5.32 Å². The van der Waals surface area contributed by atoms with Crippen LogP contribution in [0.2, 0.25) is 0 Å². The average molecular weight is 385 g/mol. The van der Waals surface area contributed by atoms with Crippen LogP contribution in [0.1, 0.15) is 12.5 Å². The molecule has 10 nitrogen and oxygen atoms in total. The molecule has 0 saturated heterocycles. The molecule has 1 amide bonds. The molecule has 0 fully saturated rings. The summed E-state index contributed by atoms with van der Waals surface area (Å²) in [5.74, 6) is -1.59. The van der Waals surface area contributed by atoms with Crippen molar-refractivity contribution in [1.29, 1.82) is 0 Å². The Hall–Kier alpha value is -4.08. The number of hydrogen-bond donors (Lipinski definition) is 1. The predicted molar refractivity (Wildman–Crippen MR) is 99.4 cm³/mol. The summed E-state index contributed by atoms with van der Waals surface area (Å²) in [6, 6.07) is 11.2. The standard InChI is InChI=1S/C18H15N3O7/c1-12(18(23)19-15-7-2-3-8-16(15)21(26)27)28-17(22)10-9-13-5-4-6-14(11-13)20(24)25/h2-12H,1H3,(H,19,23). The topological polar surface area (TPSA) is 142 Å². The van der Waals surface area contributed by atoms with Crippen molar-refractivity contribution < 1.29 is 24.2 Å². The molecule has 1 N–H and O–H groups in total. The van der Waals surface area contributed by atoms with Gasteiger partial charge in [-0.25, -0.2) is 4.79 Å². The third-order valence-corrected chi connectivity index (χ3v) is 3.51. The van der Waals surface area contributed by atoms with Crippen LogP contribution in [0.3, 0.4) is 0 Å². The Bertz CT molecular complexity index is 956. The Morgan fingerprint density at radius 2 is 1.79 bits per heavy atom. The summed E-state index contributed by atoms with van der Waals surface area (Å²) in [5, 5.41) is 24.0. The van der Waals surface area contributed by atoms with E-state index in [9.17, 15) is 29.8 Å². The van der Waals surface area contributed by atoms with Crippen LogP contribution in [0.5, 0.6) is 0 Å². The van der Waals surface area contributed by atoms with Gasteiger partial charge >= 0.3 is 5.97 Å². The van der Waals surface area contributed by atoms with E-state index in [1.165, 1.54) is 55.5 Å². The van der Waals surface area contributed by atoms with E-state index in [0.717, 1.165) is 6.08 Å². The highest BCUT2D eigenvalue weighted by Crippen LogP contribution is 2.23. The molecule has 0 aliphatic carbocycles. The maximum absolute atomic E-state index is 12.1. The molecule has 0 radical (unpaired) electrons. The van der Waals surface area contributed by atoms with Gasteiger partial charge in [-0.1, -0.05) is 24.3 Å². The van der Waals surface area contributed by atoms with E-state index in [4.69, 9.17) is 4.74 Å². The maximum Gasteiger partial charge on any atom is 0.331 e. The lowest BCUT2D eigenvalue weighted by atomic mass is 10.2. The molecule has 0 aliphatic rings. The smallest absolute Gasteiger partial charge is 0.331 e. The predicted octanol–water partition coefficient (Wildman–Crippen LogP) is 3.09. The summed E-state index contributed by atoms with van der Waals surface area (Å²) in [4.78, 5) is 44.4. The molecule has 0 heterocycles. The second-order valence-electron chi connectivity index (χ2n) is 5.53. The minimum atomic E-state index is -1.22. The molecule has 0 bridgehead atoms. The Morgan fingerprint density at radius 3 is 2.46 bits per heavy atom. The van der Waals surface area contributed by atoms with Crippen LogP contribution in [0.15, 0.2) is 54.6 Å². The molecular formula is C18H15N3O7. The van der Waals surface area contributed by atoms with Gasteiger partial charge in [-0.2, -0.15) is 0 Å². The number of nitro groups is 2. The number of anilines is 1. The largest absolute Gasteiger partial charge is 0.449 e. The lowest BCUT2D eigenvalue weighted by Crippen LogP contribution is -2.29. The molecule has 1 unspecified atom stereocenters. The summed E-state index contributed by atoms with van der Waals surface area (Å²) < 4.78 is 4.94. The Kier molecular flexibility index (Phi) is 6.53.